The first-order valence-corrected chi connectivity index (χ1v) is 7.05. The van der Waals surface area contributed by atoms with E-state index in [1.54, 1.807) is 18.2 Å². The largest absolute Gasteiger partial charge is 0.338 e. The van der Waals surface area contributed by atoms with Crippen LogP contribution in [0.2, 0.25) is 5.02 Å². The average molecular weight is 343 g/mol. The van der Waals surface area contributed by atoms with Gasteiger partial charge in [-0.3, -0.25) is 0 Å². The van der Waals surface area contributed by atoms with Crippen molar-refractivity contribution in [2.45, 2.75) is 18.8 Å². The van der Waals surface area contributed by atoms with Crippen LogP contribution in [0.25, 0.3) is 0 Å². The summed E-state index contributed by atoms with van der Waals surface area (Å²) in [5, 5.41) is 3.31. The van der Waals surface area contributed by atoms with Gasteiger partial charge in [-0.1, -0.05) is 11.6 Å². The molecule has 1 aromatic carbocycles. The van der Waals surface area contributed by atoms with Gasteiger partial charge in [0, 0.05) is 17.0 Å². The number of aromatic nitrogens is 2. The first kappa shape index (κ1) is 12.8. The lowest BCUT2D eigenvalue weighted by atomic mass is 10.3. The fourth-order valence-corrected chi connectivity index (χ4v) is 2.31. The number of hydrogen-bond donors (Lipinski definition) is 1. The monoisotopic (exact) mass is 341 g/mol. The minimum absolute atomic E-state index is 0.344. The maximum Gasteiger partial charge on any atom is 0.148 e. The Balaban J connectivity index is 1.89. The van der Waals surface area contributed by atoms with Crippen LogP contribution in [0.3, 0.4) is 0 Å². The highest BCUT2D eigenvalue weighted by Crippen LogP contribution is 2.39. The van der Waals surface area contributed by atoms with E-state index in [1.807, 2.05) is 0 Å². The van der Waals surface area contributed by atoms with E-state index >= 15 is 0 Å². The average Bonchev–Trinajstić information content (AvgIpc) is 3.16. The van der Waals surface area contributed by atoms with Gasteiger partial charge in [-0.15, -0.1) is 0 Å². The van der Waals surface area contributed by atoms with E-state index < -0.39 is 5.82 Å². The predicted octanol–water partition coefficient (Wildman–Crippen LogP) is 4.65. The molecule has 19 heavy (non-hydrogen) atoms. The number of rotatable bonds is 3. The van der Waals surface area contributed by atoms with Gasteiger partial charge in [-0.2, -0.15) is 0 Å². The van der Waals surface area contributed by atoms with Crippen LogP contribution in [0.15, 0.2) is 28.9 Å². The molecule has 0 atom stereocenters. The summed E-state index contributed by atoms with van der Waals surface area (Å²) in [5.74, 6) is 1.40. The second kappa shape index (κ2) is 5.06. The molecule has 0 amide bonds. The van der Waals surface area contributed by atoms with Crippen LogP contribution >= 0.6 is 27.5 Å². The second-order valence-corrected chi connectivity index (χ2v) is 5.71. The minimum atomic E-state index is -0.407. The fourth-order valence-electron chi connectivity index (χ4n) is 1.75. The van der Waals surface area contributed by atoms with E-state index in [2.05, 4.69) is 31.2 Å². The van der Waals surface area contributed by atoms with Crippen LogP contribution in [0.5, 0.6) is 0 Å². The Labute approximate surface area is 123 Å². The van der Waals surface area contributed by atoms with E-state index in [9.17, 15) is 4.39 Å². The Morgan fingerprint density at radius 3 is 2.74 bits per heavy atom. The molecule has 1 fully saturated rings. The second-order valence-electron chi connectivity index (χ2n) is 4.46. The summed E-state index contributed by atoms with van der Waals surface area (Å²) in [6.07, 6.45) is 2.23. The maximum absolute atomic E-state index is 13.7. The molecule has 6 heteroatoms. The SMILES string of the molecule is Fc1cc(Cl)ccc1Nc1cc(Br)nc(C2CC2)n1. The zero-order valence-corrected chi connectivity index (χ0v) is 12.2. The molecule has 1 heterocycles. The Kier molecular flexibility index (Phi) is 3.41. The van der Waals surface area contributed by atoms with Crippen LogP contribution in [0.1, 0.15) is 24.6 Å². The van der Waals surface area contributed by atoms with E-state index in [1.165, 1.54) is 6.07 Å². The first-order valence-electron chi connectivity index (χ1n) is 5.88. The van der Waals surface area contributed by atoms with Crippen molar-refractivity contribution in [3.05, 3.63) is 45.5 Å². The normalized spacial score (nSPS) is 14.5. The van der Waals surface area contributed by atoms with Gasteiger partial charge >= 0.3 is 0 Å². The third kappa shape index (κ3) is 3.04. The van der Waals surface area contributed by atoms with Crippen molar-refractivity contribution in [3.63, 3.8) is 0 Å². The van der Waals surface area contributed by atoms with Crippen LogP contribution in [0, 0.1) is 5.82 Å². The molecule has 0 spiro atoms. The molecule has 1 aliphatic carbocycles. The van der Waals surface area contributed by atoms with Crippen molar-refractivity contribution in [1.82, 2.24) is 9.97 Å². The quantitative estimate of drug-likeness (QED) is 0.825. The lowest BCUT2D eigenvalue weighted by molar-refractivity contribution is 0.632. The predicted molar refractivity (Wildman–Crippen MR) is 76.4 cm³/mol. The number of nitrogens with one attached hydrogen (secondary N) is 1. The van der Waals surface area contributed by atoms with Crippen molar-refractivity contribution in [2.24, 2.45) is 0 Å². The summed E-state index contributed by atoms with van der Waals surface area (Å²) in [4.78, 5) is 8.73. The summed E-state index contributed by atoms with van der Waals surface area (Å²) >= 11 is 9.07. The molecule has 0 unspecified atom stereocenters. The van der Waals surface area contributed by atoms with Crippen LogP contribution < -0.4 is 5.32 Å². The van der Waals surface area contributed by atoms with Crippen molar-refractivity contribution in [3.8, 4) is 0 Å². The van der Waals surface area contributed by atoms with Gasteiger partial charge in [0.25, 0.3) is 0 Å². The molecular formula is C13H10BrClFN3. The zero-order valence-electron chi connectivity index (χ0n) is 9.83. The van der Waals surface area contributed by atoms with Gasteiger partial charge in [-0.25, -0.2) is 14.4 Å². The van der Waals surface area contributed by atoms with E-state index in [0.29, 0.717) is 27.0 Å². The molecule has 1 saturated carbocycles. The Bertz CT molecular complexity index is 631. The third-order valence-electron chi connectivity index (χ3n) is 2.85. The van der Waals surface area contributed by atoms with Gasteiger partial charge in [-0.05, 0) is 47.0 Å². The third-order valence-corrected chi connectivity index (χ3v) is 3.49. The minimum Gasteiger partial charge on any atom is -0.338 e. The highest BCUT2D eigenvalue weighted by molar-refractivity contribution is 9.10. The number of anilines is 2. The van der Waals surface area contributed by atoms with Crippen molar-refractivity contribution in [1.29, 1.82) is 0 Å². The molecule has 98 valence electrons. The van der Waals surface area contributed by atoms with Gasteiger partial charge in [0.1, 0.15) is 22.1 Å². The Morgan fingerprint density at radius 2 is 2.05 bits per heavy atom. The van der Waals surface area contributed by atoms with Crippen LogP contribution in [-0.2, 0) is 0 Å². The van der Waals surface area contributed by atoms with Gasteiger partial charge in [0.15, 0.2) is 0 Å². The van der Waals surface area contributed by atoms with Crippen molar-refractivity contribution < 1.29 is 4.39 Å². The van der Waals surface area contributed by atoms with E-state index in [0.717, 1.165) is 18.7 Å². The van der Waals surface area contributed by atoms with E-state index in [4.69, 9.17) is 11.6 Å². The molecular weight excluding hydrogens is 333 g/mol. The topological polar surface area (TPSA) is 37.8 Å². The molecule has 1 aromatic heterocycles. The highest BCUT2D eigenvalue weighted by Gasteiger charge is 2.27. The van der Waals surface area contributed by atoms with Crippen LogP contribution in [-0.4, -0.2) is 9.97 Å². The molecule has 0 saturated heterocycles. The van der Waals surface area contributed by atoms with E-state index in [-0.39, 0.29) is 0 Å². The maximum atomic E-state index is 13.7. The number of nitrogens with zero attached hydrogens (tertiary/aromatic N) is 2. The molecule has 3 rings (SSSR count). The molecule has 1 aliphatic rings. The fraction of sp³-hybridized carbons (Fsp3) is 0.231. The summed E-state index contributed by atoms with van der Waals surface area (Å²) in [6.45, 7) is 0. The lowest BCUT2D eigenvalue weighted by Gasteiger charge is -2.08. The number of hydrogen-bond acceptors (Lipinski definition) is 3. The van der Waals surface area contributed by atoms with Crippen molar-refractivity contribution in [2.75, 3.05) is 5.32 Å². The molecule has 0 bridgehead atoms. The summed E-state index contributed by atoms with van der Waals surface area (Å²) in [6, 6.07) is 6.21. The van der Waals surface area contributed by atoms with Crippen LogP contribution in [0.4, 0.5) is 15.9 Å². The van der Waals surface area contributed by atoms with Crippen molar-refractivity contribution >= 4 is 39.0 Å². The zero-order chi connectivity index (χ0) is 13.4. The highest BCUT2D eigenvalue weighted by atomic mass is 79.9. The summed E-state index contributed by atoms with van der Waals surface area (Å²) in [7, 11) is 0. The molecule has 1 N–H and O–H groups in total. The Hall–Kier alpha value is -1.20. The summed E-state index contributed by atoms with van der Waals surface area (Å²) < 4.78 is 14.4. The lowest BCUT2D eigenvalue weighted by Crippen LogP contribution is -2.01. The van der Waals surface area contributed by atoms with Gasteiger partial charge in [0.2, 0.25) is 0 Å². The Morgan fingerprint density at radius 1 is 1.26 bits per heavy atom. The molecule has 0 radical (unpaired) electrons. The van der Waals surface area contributed by atoms with Gasteiger partial charge in [0.05, 0.1) is 5.69 Å². The number of halogens is 3. The first-order chi connectivity index (χ1) is 9.11. The summed E-state index contributed by atoms with van der Waals surface area (Å²) in [5.41, 5.74) is 0.344. The molecule has 2 aromatic rings. The standard InChI is InChI=1S/C13H10BrClFN3/c14-11-6-12(19-13(18-11)7-1-2-7)17-10-4-3-8(15)5-9(10)16/h3-7H,1-2H2,(H,17,18,19). The number of benzene rings is 1. The molecule has 3 nitrogen and oxygen atoms in total. The van der Waals surface area contributed by atoms with Gasteiger partial charge < -0.3 is 5.32 Å². The molecule has 0 aliphatic heterocycles. The smallest absolute Gasteiger partial charge is 0.148 e.